The summed E-state index contributed by atoms with van der Waals surface area (Å²) in [6.45, 7) is 0. The van der Waals surface area contributed by atoms with Gasteiger partial charge in [-0.3, -0.25) is 9.59 Å². The van der Waals surface area contributed by atoms with Gasteiger partial charge in [0.15, 0.2) is 0 Å². The first-order chi connectivity index (χ1) is 8.97. The van der Waals surface area contributed by atoms with E-state index in [-0.39, 0.29) is 11.5 Å². The third-order valence-corrected chi connectivity index (χ3v) is 3.32. The number of pyridine rings is 1. The highest BCUT2D eigenvalue weighted by Gasteiger charge is 2.08. The smallest absolute Gasteiger partial charge is 0.255 e. The summed E-state index contributed by atoms with van der Waals surface area (Å²) in [5.74, 6) is -0.280. The van der Waals surface area contributed by atoms with Gasteiger partial charge in [0.05, 0.1) is 5.69 Å². The zero-order chi connectivity index (χ0) is 14.0. The Bertz CT molecular complexity index is 695. The van der Waals surface area contributed by atoms with Crippen LogP contribution in [0.5, 0.6) is 0 Å². The number of nitrogen functional groups attached to an aromatic ring is 1. The molecule has 2 rings (SSSR count). The molecule has 1 aromatic carbocycles. The monoisotopic (exact) mass is 321 g/mol. The Hall–Kier alpha value is -2.08. The molecule has 0 saturated carbocycles. The van der Waals surface area contributed by atoms with Gasteiger partial charge in [0.2, 0.25) is 5.56 Å². The summed E-state index contributed by atoms with van der Waals surface area (Å²) in [5, 5.41) is 2.70. The van der Waals surface area contributed by atoms with Gasteiger partial charge in [-0.15, -0.1) is 0 Å². The predicted octanol–water partition coefficient (Wildman–Crippen LogP) is 1.98. The first-order valence-electron chi connectivity index (χ1n) is 5.50. The van der Waals surface area contributed by atoms with Crippen LogP contribution in [0.4, 0.5) is 11.4 Å². The Morgan fingerprint density at radius 1 is 1.32 bits per heavy atom. The number of hydrogen-bond donors (Lipinski definition) is 2. The van der Waals surface area contributed by atoms with Crippen LogP contribution in [0.25, 0.3) is 0 Å². The lowest BCUT2D eigenvalue weighted by atomic mass is 10.2. The number of carbonyl (C=O) groups excluding carboxylic acids is 1. The van der Waals surface area contributed by atoms with E-state index >= 15 is 0 Å². The van der Waals surface area contributed by atoms with Crippen molar-refractivity contribution in [3.63, 3.8) is 0 Å². The van der Waals surface area contributed by atoms with Crippen molar-refractivity contribution in [2.24, 2.45) is 7.05 Å². The summed E-state index contributed by atoms with van der Waals surface area (Å²) in [6.07, 6.45) is 1.56. The molecule has 2 aromatic rings. The number of aromatic nitrogens is 1. The van der Waals surface area contributed by atoms with Crippen LogP contribution in [0.3, 0.4) is 0 Å². The van der Waals surface area contributed by atoms with Crippen LogP contribution in [-0.2, 0) is 7.05 Å². The summed E-state index contributed by atoms with van der Waals surface area (Å²) < 4.78 is 2.14. The molecule has 0 atom stereocenters. The molecule has 0 saturated heterocycles. The van der Waals surface area contributed by atoms with Crippen molar-refractivity contribution in [1.29, 1.82) is 0 Å². The summed E-state index contributed by atoms with van der Waals surface area (Å²) >= 11 is 3.27. The molecule has 5 nitrogen and oxygen atoms in total. The second kappa shape index (κ2) is 5.27. The lowest BCUT2D eigenvalue weighted by Crippen LogP contribution is -2.18. The fourth-order valence-corrected chi connectivity index (χ4v) is 1.80. The van der Waals surface area contributed by atoms with Crippen molar-refractivity contribution in [2.75, 3.05) is 11.1 Å². The lowest BCUT2D eigenvalue weighted by Gasteiger charge is -2.07. The average Bonchev–Trinajstić information content (AvgIpc) is 2.37. The van der Waals surface area contributed by atoms with E-state index in [4.69, 9.17) is 5.73 Å². The Morgan fingerprint density at radius 3 is 2.68 bits per heavy atom. The molecular formula is C13H12BrN3O2. The third-order valence-electron chi connectivity index (χ3n) is 2.60. The second-order valence-electron chi connectivity index (χ2n) is 4.06. The van der Waals surface area contributed by atoms with Crippen LogP contribution < -0.4 is 16.6 Å². The summed E-state index contributed by atoms with van der Waals surface area (Å²) in [4.78, 5) is 23.2. The summed E-state index contributed by atoms with van der Waals surface area (Å²) in [7, 11) is 1.62. The van der Waals surface area contributed by atoms with Gasteiger partial charge in [0.1, 0.15) is 0 Å². The third kappa shape index (κ3) is 3.03. The normalized spacial score (nSPS) is 10.2. The molecule has 1 amide bonds. The number of nitrogens with two attached hydrogens (primary N) is 1. The maximum absolute atomic E-state index is 12.0. The number of aryl methyl sites for hydroxylation is 1. The molecule has 0 bridgehead atoms. The van der Waals surface area contributed by atoms with Crippen molar-refractivity contribution < 1.29 is 4.79 Å². The topological polar surface area (TPSA) is 77.1 Å². The highest BCUT2D eigenvalue weighted by molar-refractivity contribution is 9.10. The van der Waals surface area contributed by atoms with Crippen LogP contribution in [0, 0.1) is 0 Å². The molecule has 0 aliphatic rings. The van der Waals surface area contributed by atoms with Gasteiger partial charge in [0.25, 0.3) is 5.91 Å². The van der Waals surface area contributed by atoms with E-state index in [1.54, 1.807) is 37.5 Å². The quantitative estimate of drug-likeness (QED) is 0.830. The van der Waals surface area contributed by atoms with Crippen molar-refractivity contribution >= 4 is 33.2 Å². The average molecular weight is 322 g/mol. The maximum Gasteiger partial charge on any atom is 0.255 e. The van der Waals surface area contributed by atoms with Gasteiger partial charge in [-0.1, -0.05) is 0 Å². The van der Waals surface area contributed by atoms with Gasteiger partial charge in [-0.25, -0.2) is 0 Å². The number of hydrogen-bond acceptors (Lipinski definition) is 3. The summed E-state index contributed by atoms with van der Waals surface area (Å²) in [5.41, 5.74) is 7.09. The molecule has 19 heavy (non-hydrogen) atoms. The fourth-order valence-electron chi connectivity index (χ4n) is 1.56. The van der Waals surface area contributed by atoms with Crippen LogP contribution in [0.2, 0.25) is 0 Å². The number of benzene rings is 1. The maximum atomic E-state index is 12.0. The number of halogens is 1. The van der Waals surface area contributed by atoms with E-state index in [9.17, 15) is 9.59 Å². The van der Waals surface area contributed by atoms with Crippen molar-refractivity contribution in [3.8, 4) is 0 Å². The molecule has 0 aliphatic carbocycles. The highest BCUT2D eigenvalue weighted by atomic mass is 79.9. The van der Waals surface area contributed by atoms with Crippen LogP contribution in [0.15, 0.2) is 45.8 Å². The van der Waals surface area contributed by atoms with E-state index < -0.39 is 0 Å². The van der Waals surface area contributed by atoms with E-state index in [0.29, 0.717) is 16.9 Å². The lowest BCUT2D eigenvalue weighted by molar-refractivity contribution is 0.102. The molecule has 0 radical (unpaired) electrons. The second-order valence-corrected chi connectivity index (χ2v) is 4.91. The van der Waals surface area contributed by atoms with Crippen molar-refractivity contribution in [2.45, 2.75) is 0 Å². The number of amides is 1. The molecule has 0 spiro atoms. The predicted molar refractivity (Wildman–Crippen MR) is 78.2 cm³/mol. The molecule has 0 fully saturated rings. The Kier molecular flexibility index (Phi) is 3.71. The molecule has 6 heteroatoms. The first kappa shape index (κ1) is 13.4. The summed E-state index contributed by atoms with van der Waals surface area (Å²) in [6, 6.07) is 7.91. The minimum atomic E-state index is -0.280. The van der Waals surface area contributed by atoms with E-state index in [1.165, 1.54) is 10.6 Å². The van der Waals surface area contributed by atoms with Gasteiger partial charge in [-0.2, -0.15) is 0 Å². The van der Waals surface area contributed by atoms with Crippen molar-refractivity contribution in [1.82, 2.24) is 4.57 Å². The van der Waals surface area contributed by atoms with Gasteiger partial charge < -0.3 is 15.6 Å². The van der Waals surface area contributed by atoms with Gasteiger partial charge in [-0.05, 0) is 40.2 Å². The number of nitrogens with zero attached hydrogens (tertiary/aromatic N) is 1. The minimum absolute atomic E-state index is 0.133. The highest BCUT2D eigenvalue weighted by Crippen LogP contribution is 2.20. The number of anilines is 2. The van der Waals surface area contributed by atoms with Gasteiger partial charge in [0, 0.05) is 35.0 Å². The zero-order valence-corrected chi connectivity index (χ0v) is 11.8. The Labute approximate surface area is 118 Å². The SMILES string of the molecule is Cn1cc(NC(=O)c2ccc(Br)c(N)c2)ccc1=O. The molecule has 3 N–H and O–H groups in total. The van der Waals surface area contributed by atoms with Crippen LogP contribution in [0.1, 0.15) is 10.4 Å². The number of nitrogens with one attached hydrogen (secondary N) is 1. The fraction of sp³-hybridized carbons (Fsp3) is 0.0769. The standard InChI is InChI=1S/C13H12BrN3O2/c1-17-7-9(3-5-12(17)18)16-13(19)8-2-4-10(14)11(15)6-8/h2-7H,15H2,1H3,(H,16,19). The molecule has 1 aromatic heterocycles. The molecular weight excluding hydrogens is 310 g/mol. The number of rotatable bonds is 2. The van der Waals surface area contributed by atoms with Crippen LogP contribution in [-0.4, -0.2) is 10.5 Å². The van der Waals surface area contributed by atoms with Crippen LogP contribution >= 0.6 is 15.9 Å². The Balaban J connectivity index is 2.22. The molecule has 0 aliphatic heterocycles. The molecule has 98 valence electrons. The number of carbonyl (C=O) groups is 1. The van der Waals surface area contributed by atoms with Crippen molar-refractivity contribution in [3.05, 3.63) is 56.9 Å². The molecule has 1 heterocycles. The minimum Gasteiger partial charge on any atom is -0.398 e. The largest absolute Gasteiger partial charge is 0.398 e. The van der Waals surface area contributed by atoms with E-state index in [1.807, 2.05) is 0 Å². The van der Waals surface area contributed by atoms with E-state index in [2.05, 4.69) is 21.2 Å². The Morgan fingerprint density at radius 2 is 2.05 bits per heavy atom. The molecule has 0 unspecified atom stereocenters. The van der Waals surface area contributed by atoms with E-state index in [0.717, 1.165) is 4.47 Å². The van der Waals surface area contributed by atoms with Gasteiger partial charge >= 0.3 is 0 Å². The first-order valence-corrected chi connectivity index (χ1v) is 6.30. The zero-order valence-electron chi connectivity index (χ0n) is 10.2.